The Morgan fingerprint density at radius 2 is 2.03 bits per heavy atom. The summed E-state index contributed by atoms with van der Waals surface area (Å²) in [5.41, 5.74) is 0.637. The summed E-state index contributed by atoms with van der Waals surface area (Å²) in [7, 11) is 0. The summed E-state index contributed by atoms with van der Waals surface area (Å²) in [4.78, 5) is 16.5. The third-order valence-corrected chi connectivity index (χ3v) is 10.1. The van der Waals surface area contributed by atoms with Crippen LogP contribution in [0, 0.1) is 28.6 Å². The summed E-state index contributed by atoms with van der Waals surface area (Å²) in [5, 5.41) is 37.7. The second-order valence-electron chi connectivity index (χ2n) is 11.3. The van der Waals surface area contributed by atoms with Gasteiger partial charge in [0, 0.05) is 11.6 Å². The van der Waals surface area contributed by atoms with Crippen molar-refractivity contribution in [2.24, 2.45) is 28.6 Å². The van der Waals surface area contributed by atoms with E-state index in [4.69, 9.17) is 11.6 Å². The molecule has 0 radical (unpaired) electrons. The summed E-state index contributed by atoms with van der Waals surface area (Å²) in [5.74, 6) is -0.156. The molecule has 0 spiro atoms. The quantitative estimate of drug-likeness (QED) is 0.598. The molecule has 0 unspecified atom stereocenters. The van der Waals surface area contributed by atoms with Gasteiger partial charge in [-0.05, 0) is 85.5 Å². The number of nitrogens with zero attached hydrogens (tertiary/aromatic N) is 3. The Morgan fingerprint density at radius 1 is 1.24 bits per heavy atom. The number of fused-ring (bicyclic) bond motifs is 6. The minimum Gasteiger partial charge on any atom is -0.479 e. The number of hydrogen-bond donors (Lipinski definition) is 3. The van der Waals surface area contributed by atoms with E-state index >= 15 is 0 Å². The molecule has 6 rings (SSSR count). The molecule has 2 aromatic heterocycles. The number of aliphatic hydroxyl groups is 2. The van der Waals surface area contributed by atoms with Crippen LogP contribution < -0.4 is 0 Å². The Morgan fingerprint density at radius 3 is 2.74 bits per heavy atom. The predicted octanol–water partition coefficient (Wildman–Crippen LogP) is 3.89. The molecule has 7 atom stereocenters. The van der Waals surface area contributed by atoms with Crippen LogP contribution in [0.4, 0.5) is 0 Å². The van der Waals surface area contributed by atoms with Gasteiger partial charge in [-0.25, -0.2) is 14.5 Å². The zero-order valence-electron chi connectivity index (χ0n) is 19.4. The van der Waals surface area contributed by atoms with Crippen LogP contribution in [0.2, 0.25) is 5.02 Å². The first-order valence-electron chi connectivity index (χ1n) is 12.1. The topological polar surface area (TPSA) is 108 Å². The molecule has 0 amide bonds. The zero-order valence-corrected chi connectivity index (χ0v) is 20.2. The molecular weight excluding hydrogens is 454 g/mol. The summed E-state index contributed by atoms with van der Waals surface area (Å²) < 4.78 is 1.85. The van der Waals surface area contributed by atoms with E-state index in [1.165, 1.54) is 5.57 Å². The van der Waals surface area contributed by atoms with E-state index in [9.17, 15) is 20.1 Å². The summed E-state index contributed by atoms with van der Waals surface area (Å²) in [6.45, 7) is 4.13. The average molecular weight is 484 g/mol. The second-order valence-corrected chi connectivity index (χ2v) is 11.7. The number of pyridine rings is 1. The van der Waals surface area contributed by atoms with Crippen molar-refractivity contribution in [3.8, 4) is 5.82 Å². The van der Waals surface area contributed by atoms with E-state index in [0.29, 0.717) is 23.7 Å². The summed E-state index contributed by atoms with van der Waals surface area (Å²) >= 11 is 6.01. The number of rotatable bonds is 2. The van der Waals surface area contributed by atoms with Crippen molar-refractivity contribution in [2.75, 3.05) is 0 Å². The molecule has 0 aromatic carbocycles. The number of carboxylic acid groups (broad SMARTS) is 1. The average Bonchev–Trinajstić information content (AvgIpc) is 3.30. The molecule has 2 aromatic rings. The van der Waals surface area contributed by atoms with Gasteiger partial charge in [-0.2, -0.15) is 5.10 Å². The van der Waals surface area contributed by atoms with Gasteiger partial charge in [-0.1, -0.05) is 31.0 Å². The number of hydrogen-bond acceptors (Lipinski definition) is 5. The van der Waals surface area contributed by atoms with E-state index in [1.54, 1.807) is 12.3 Å². The maximum absolute atomic E-state index is 12.1. The van der Waals surface area contributed by atoms with Gasteiger partial charge in [-0.3, -0.25) is 0 Å². The lowest BCUT2D eigenvalue weighted by Gasteiger charge is -2.60. The van der Waals surface area contributed by atoms with Crippen molar-refractivity contribution in [3.63, 3.8) is 0 Å². The Hall–Kier alpha value is -2.22. The SMILES string of the molecule is C[C@]12Cc3cnn(-c4ccc(Cl)cn4)c3C=C1CC[C@@H]1[C@@H]2[C@@H](O)C[C@@]2(C)[C@H]1CC[C@]2(O)C(=O)O. The van der Waals surface area contributed by atoms with E-state index in [1.807, 2.05) is 23.9 Å². The van der Waals surface area contributed by atoms with Gasteiger partial charge in [0.15, 0.2) is 11.4 Å². The number of aliphatic hydroxyl groups excluding tert-OH is 1. The summed E-state index contributed by atoms with van der Waals surface area (Å²) in [6, 6.07) is 3.66. The van der Waals surface area contributed by atoms with Gasteiger partial charge in [0.25, 0.3) is 0 Å². The molecule has 34 heavy (non-hydrogen) atoms. The number of halogens is 1. The molecule has 3 saturated carbocycles. The smallest absolute Gasteiger partial charge is 0.336 e. The normalized spacial score (nSPS) is 40.6. The molecule has 0 aliphatic heterocycles. The molecule has 8 heteroatoms. The van der Waals surface area contributed by atoms with Gasteiger partial charge >= 0.3 is 5.97 Å². The van der Waals surface area contributed by atoms with E-state index in [2.05, 4.69) is 23.1 Å². The number of carboxylic acids is 1. The van der Waals surface area contributed by atoms with E-state index in [0.717, 1.165) is 30.5 Å². The third kappa shape index (κ3) is 2.75. The van der Waals surface area contributed by atoms with Crippen LogP contribution in [0.3, 0.4) is 0 Å². The van der Waals surface area contributed by atoms with Gasteiger partial charge in [0.2, 0.25) is 0 Å². The van der Waals surface area contributed by atoms with Gasteiger partial charge in [0.1, 0.15) is 0 Å². The van der Waals surface area contributed by atoms with Crippen molar-refractivity contribution >= 4 is 23.6 Å². The lowest BCUT2D eigenvalue weighted by atomic mass is 9.45. The monoisotopic (exact) mass is 483 g/mol. The maximum atomic E-state index is 12.1. The number of aromatic nitrogens is 3. The van der Waals surface area contributed by atoms with E-state index in [-0.39, 0.29) is 29.6 Å². The molecule has 3 N–H and O–H groups in total. The van der Waals surface area contributed by atoms with Crippen LogP contribution in [0.25, 0.3) is 11.9 Å². The molecule has 3 fully saturated rings. The van der Waals surface area contributed by atoms with Crippen LogP contribution >= 0.6 is 11.6 Å². The van der Waals surface area contributed by atoms with E-state index < -0.39 is 23.1 Å². The predicted molar refractivity (Wildman–Crippen MR) is 126 cm³/mol. The Bertz CT molecular complexity index is 1210. The zero-order chi connectivity index (χ0) is 24.0. The first-order chi connectivity index (χ1) is 16.1. The largest absolute Gasteiger partial charge is 0.479 e. The Labute approximate surface area is 203 Å². The molecule has 180 valence electrons. The Balaban J connectivity index is 1.38. The van der Waals surface area contributed by atoms with Crippen LogP contribution in [0.5, 0.6) is 0 Å². The maximum Gasteiger partial charge on any atom is 0.336 e. The fourth-order valence-electron chi connectivity index (χ4n) is 8.22. The highest BCUT2D eigenvalue weighted by Gasteiger charge is 2.68. The fraction of sp³-hybridized carbons (Fsp3) is 0.577. The first-order valence-corrected chi connectivity index (χ1v) is 12.5. The lowest BCUT2D eigenvalue weighted by Crippen LogP contribution is -2.61. The lowest BCUT2D eigenvalue weighted by molar-refractivity contribution is -0.193. The number of allylic oxidation sites excluding steroid dienone is 1. The molecule has 4 aliphatic carbocycles. The van der Waals surface area contributed by atoms with Crippen molar-refractivity contribution in [1.82, 2.24) is 14.8 Å². The molecule has 0 bridgehead atoms. The molecular formula is C26H30ClN3O4. The third-order valence-electron chi connectivity index (χ3n) is 9.86. The highest BCUT2D eigenvalue weighted by molar-refractivity contribution is 6.30. The van der Waals surface area contributed by atoms with Crippen LogP contribution in [-0.2, 0) is 11.2 Å². The van der Waals surface area contributed by atoms with Crippen molar-refractivity contribution < 1.29 is 20.1 Å². The second kappa shape index (κ2) is 7.15. The molecule has 4 aliphatic rings. The minimum absolute atomic E-state index is 0.0203. The molecule has 2 heterocycles. The number of carbonyl (C=O) groups is 1. The highest BCUT2D eigenvalue weighted by Crippen LogP contribution is 2.67. The van der Waals surface area contributed by atoms with Crippen molar-refractivity contribution in [3.05, 3.63) is 46.4 Å². The van der Waals surface area contributed by atoms with Gasteiger partial charge in [-0.15, -0.1) is 0 Å². The van der Waals surface area contributed by atoms with Crippen LogP contribution in [0.15, 0.2) is 30.1 Å². The molecule has 7 nitrogen and oxygen atoms in total. The minimum atomic E-state index is -1.77. The highest BCUT2D eigenvalue weighted by atomic mass is 35.5. The fourth-order valence-corrected chi connectivity index (χ4v) is 8.33. The summed E-state index contributed by atoms with van der Waals surface area (Å²) in [6.07, 6.45) is 8.87. The number of aliphatic carboxylic acids is 1. The first kappa shape index (κ1) is 22.3. The van der Waals surface area contributed by atoms with Gasteiger partial charge in [0.05, 0.1) is 23.0 Å². The Kier molecular flexibility index (Phi) is 4.68. The molecule has 0 saturated heterocycles. The van der Waals surface area contributed by atoms with Crippen LogP contribution in [0.1, 0.15) is 57.2 Å². The standard InChI is InChI=1S/C26H30ClN3O4/c1-24-10-14-12-29-30(21-6-4-16(27)13-28-21)19(14)9-15(24)3-5-17-18-7-8-26(34,23(32)33)25(18,2)11-20(31)22(17)24/h4,6,9,12-13,17-18,20,22,31,34H,3,5,7-8,10-11H2,1-2H3,(H,32,33)/t17-,18-,20-,22+,24-,25-,26-/m0/s1. The van der Waals surface area contributed by atoms with Crippen molar-refractivity contribution in [2.45, 2.75) is 64.1 Å². The van der Waals surface area contributed by atoms with Gasteiger partial charge < -0.3 is 15.3 Å². The van der Waals surface area contributed by atoms with Crippen molar-refractivity contribution in [1.29, 1.82) is 0 Å². The van der Waals surface area contributed by atoms with Crippen LogP contribution in [-0.4, -0.2) is 47.8 Å².